The van der Waals surface area contributed by atoms with Crippen LogP contribution in [0, 0.1) is 5.82 Å². The van der Waals surface area contributed by atoms with Crippen LogP contribution in [-0.4, -0.2) is 55.5 Å². The number of ether oxygens (including phenoxy) is 1. The smallest absolute Gasteiger partial charge is 0.419 e. The second kappa shape index (κ2) is 11.1. The third-order valence-corrected chi connectivity index (χ3v) is 6.14. The van der Waals surface area contributed by atoms with E-state index >= 15 is 0 Å². The van der Waals surface area contributed by atoms with E-state index in [4.69, 9.17) is 15.6 Å². The SMILES string of the molecule is CC(C)(C)n1nc([C@H]2CC[C@@H](OC(=O)n3ccnc3)C2)cc1Nc1nc(C(=O)NCCCN)ccc1F. The predicted octanol–water partition coefficient (Wildman–Crippen LogP) is 3.51. The summed E-state index contributed by atoms with van der Waals surface area (Å²) in [4.78, 5) is 32.8. The Kier molecular flexibility index (Phi) is 7.86. The van der Waals surface area contributed by atoms with Crippen molar-refractivity contribution in [3.05, 3.63) is 54.1 Å². The molecule has 0 aliphatic heterocycles. The Morgan fingerprint density at radius 2 is 2.08 bits per heavy atom. The van der Waals surface area contributed by atoms with E-state index in [1.807, 2.05) is 26.8 Å². The fourth-order valence-electron chi connectivity index (χ4n) is 4.26. The molecule has 37 heavy (non-hydrogen) atoms. The minimum Gasteiger partial charge on any atom is -0.446 e. The monoisotopic (exact) mass is 512 g/mol. The Labute approximate surface area is 214 Å². The van der Waals surface area contributed by atoms with Crippen LogP contribution in [0.5, 0.6) is 0 Å². The summed E-state index contributed by atoms with van der Waals surface area (Å²) in [6.45, 7) is 6.84. The van der Waals surface area contributed by atoms with Crippen molar-refractivity contribution in [3.8, 4) is 0 Å². The Morgan fingerprint density at radius 1 is 1.27 bits per heavy atom. The van der Waals surface area contributed by atoms with Gasteiger partial charge in [-0.1, -0.05) is 0 Å². The zero-order valence-electron chi connectivity index (χ0n) is 21.3. The molecule has 1 fully saturated rings. The number of halogens is 1. The first kappa shape index (κ1) is 26.3. The van der Waals surface area contributed by atoms with E-state index in [0.717, 1.165) is 12.1 Å². The van der Waals surface area contributed by atoms with Gasteiger partial charge in [0.1, 0.15) is 23.9 Å². The van der Waals surface area contributed by atoms with E-state index in [1.54, 1.807) is 10.9 Å². The highest BCUT2D eigenvalue weighted by molar-refractivity contribution is 5.92. The van der Waals surface area contributed by atoms with Gasteiger partial charge in [0.15, 0.2) is 11.6 Å². The number of nitrogens with two attached hydrogens (primary N) is 1. The second-order valence-electron chi connectivity index (χ2n) is 10.1. The molecule has 0 bridgehead atoms. The molecule has 3 heterocycles. The molecule has 12 heteroatoms. The molecule has 1 aliphatic rings. The van der Waals surface area contributed by atoms with Crippen LogP contribution in [0.15, 0.2) is 36.9 Å². The van der Waals surface area contributed by atoms with E-state index in [-0.39, 0.29) is 23.5 Å². The van der Waals surface area contributed by atoms with Crippen molar-refractivity contribution in [1.29, 1.82) is 0 Å². The lowest BCUT2D eigenvalue weighted by atomic mass is 10.0. The van der Waals surface area contributed by atoms with Crippen LogP contribution in [0.3, 0.4) is 0 Å². The van der Waals surface area contributed by atoms with Crippen LogP contribution >= 0.6 is 0 Å². The van der Waals surface area contributed by atoms with E-state index in [9.17, 15) is 14.0 Å². The molecule has 1 aliphatic carbocycles. The molecular formula is C25H33FN8O3. The highest BCUT2D eigenvalue weighted by Gasteiger charge is 2.32. The van der Waals surface area contributed by atoms with Gasteiger partial charge in [-0.2, -0.15) is 5.10 Å². The standard InChI is InChI=1S/C25H33FN8O3/c1-25(2,3)34-21(31-22-18(26)7-8-19(30-22)23(35)29-10-4-9-27)14-20(32-34)16-5-6-17(13-16)37-24(36)33-12-11-28-15-33/h7-8,11-12,14-17H,4-6,9-10,13,27H2,1-3H3,(H,29,35)(H,30,31)/t16-,17+/m0/s1. The molecule has 4 N–H and O–H groups in total. The van der Waals surface area contributed by atoms with Gasteiger partial charge in [0, 0.05) is 30.9 Å². The summed E-state index contributed by atoms with van der Waals surface area (Å²) in [6, 6.07) is 4.42. The number of nitrogens with zero attached hydrogens (tertiary/aromatic N) is 5. The van der Waals surface area contributed by atoms with Crippen LogP contribution in [-0.2, 0) is 10.3 Å². The van der Waals surface area contributed by atoms with E-state index in [2.05, 4.69) is 20.6 Å². The number of hydrogen-bond acceptors (Lipinski definition) is 8. The highest BCUT2D eigenvalue weighted by Crippen LogP contribution is 2.38. The molecular weight excluding hydrogens is 479 g/mol. The Hall–Kier alpha value is -3.80. The fourth-order valence-corrected chi connectivity index (χ4v) is 4.26. The largest absolute Gasteiger partial charge is 0.446 e. The summed E-state index contributed by atoms with van der Waals surface area (Å²) >= 11 is 0. The second-order valence-corrected chi connectivity index (χ2v) is 10.1. The molecule has 4 rings (SSSR count). The van der Waals surface area contributed by atoms with Gasteiger partial charge in [-0.3, -0.25) is 4.79 Å². The molecule has 1 saturated carbocycles. The maximum absolute atomic E-state index is 14.7. The van der Waals surface area contributed by atoms with Crippen molar-refractivity contribution >= 4 is 23.6 Å². The summed E-state index contributed by atoms with van der Waals surface area (Å²) in [5, 5.41) is 10.6. The van der Waals surface area contributed by atoms with Gasteiger partial charge >= 0.3 is 6.09 Å². The number of anilines is 2. The first-order chi connectivity index (χ1) is 17.7. The fraction of sp³-hybridized carbons (Fsp3) is 0.480. The van der Waals surface area contributed by atoms with Crippen LogP contribution in [0.4, 0.5) is 20.8 Å². The lowest BCUT2D eigenvalue weighted by Crippen LogP contribution is -2.27. The van der Waals surface area contributed by atoms with Crippen LogP contribution in [0.2, 0.25) is 0 Å². The number of pyridine rings is 1. The van der Waals surface area contributed by atoms with Gasteiger partial charge in [0.05, 0.1) is 11.2 Å². The summed E-state index contributed by atoms with van der Waals surface area (Å²) in [5.74, 6) is -0.435. The van der Waals surface area contributed by atoms with E-state index in [1.165, 1.54) is 29.2 Å². The molecule has 2 atom stereocenters. The Bertz CT molecular complexity index is 1240. The van der Waals surface area contributed by atoms with Gasteiger partial charge in [0.25, 0.3) is 5.91 Å². The first-order valence-electron chi connectivity index (χ1n) is 12.4. The normalized spacial score (nSPS) is 17.5. The van der Waals surface area contributed by atoms with Gasteiger partial charge in [-0.15, -0.1) is 0 Å². The summed E-state index contributed by atoms with van der Waals surface area (Å²) in [5.41, 5.74) is 5.96. The average molecular weight is 513 g/mol. The maximum Gasteiger partial charge on any atom is 0.419 e. The van der Waals surface area contributed by atoms with E-state index in [0.29, 0.717) is 38.2 Å². The summed E-state index contributed by atoms with van der Waals surface area (Å²) < 4.78 is 23.4. The molecule has 1 amide bonds. The van der Waals surface area contributed by atoms with Gasteiger partial charge < -0.3 is 21.1 Å². The zero-order valence-corrected chi connectivity index (χ0v) is 21.3. The number of amides is 1. The number of carbonyl (C=O) groups excluding carboxylic acids is 2. The number of imidazole rings is 1. The van der Waals surface area contributed by atoms with Crippen molar-refractivity contribution in [1.82, 2.24) is 29.6 Å². The minimum atomic E-state index is -0.589. The summed E-state index contributed by atoms with van der Waals surface area (Å²) in [6.07, 6.45) is 6.56. The number of rotatable bonds is 8. The average Bonchev–Trinajstić information content (AvgIpc) is 3.61. The summed E-state index contributed by atoms with van der Waals surface area (Å²) in [7, 11) is 0. The molecule has 0 spiro atoms. The molecule has 3 aromatic rings. The van der Waals surface area contributed by atoms with Gasteiger partial charge in [0.2, 0.25) is 0 Å². The Morgan fingerprint density at radius 3 is 2.78 bits per heavy atom. The van der Waals surface area contributed by atoms with Crippen LogP contribution < -0.4 is 16.4 Å². The van der Waals surface area contributed by atoms with Crippen molar-refractivity contribution < 1.29 is 18.7 Å². The van der Waals surface area contributed by atoms with Crippen molar-refractivity contribution in [3.63, 3.8) is 0 Å². The van der Waals surface area contributed by atoms with Gasteiger partial charge in [-0.25, -0.2) is 28.4 Å². The van der Waals surface area contributed by atoms with Crippen molar-refractivity contribution in [2.24, 2.45) is 5.73 Å². The van der Waals surface area contributed by atoms with Crippen LogP contribution in [0.25, 0.3) is 0 Å². The molecule has 198 valence electrons. The van der Waals surface area contributed by atoms with Crippen molar-refractivity contribution in [2.75, 3.05) is 18.4 Å². The van der Waals surface area contributed by atoms with Gasteiger partial charge in [-0.05, 0) is 65.1 Å². The molecule has 0 saturated heterocycles. The Balaban J connectivity index is 1.51. The minimum absolute atomic E-state index is 0.0676. The third kappa shape index (κ3) is 6.31. The number of nitrogens with one attached hydrogen (secondary N) is 2. The quantitative estimate of drug-likeness (QED) is 0.389. The molecule has 0 aromatic carbocycles. The molecule has 3 aromatic heterocycles. The topological polar surface area (TPSA) is 142 Å². The number of carbonyl (C=O) groups is 2. The lowest BCUT2D eigenvalue weighted by molar-refractivity contribution is 0.0947. The molecule has 11 nitrogen and oxygen atoms in total. The zero-order chi connectivity index (χ0) is 26.6. The molecule has 0 unspecified atom stereocenters. The highest BCUT2D eigenvalue weighted by atomic mass is 19.1. The van der Waals surface area contributed by atoms with Crippen molar-refractivity contribution in [2.45, 2.75) is 64.0 Å². The third-order valence-electron chi connectivity index (χ3n) is 6.14. The number of hydrogen-bond donors (Lipinski definition) is 3. The first-order valence-corrected chi connectivity index (χ1v) is 12.4. The van der Waals surface area contributed by atoms with E-state index < -0.39 is 23.4 Å². The lowest BCUT2D eigenvalue weighted by Gasteiger charge is -2.23. The maximum atomic E-state index is 14.7. The number of aromatic nitrogens is 5. The van der Waals surface area contributed by atoms with Crippen LogP contribution in [0.1, 0.15) is 68.6 Å². The molecule has 0 radical (unpaired) electrons. The predicted molar refractivity (Wildman–Crippen MR) is 135 cm³/mol.